The number of piperidine rings is 2. The first-order valence-electron chi connectivity index (χ1n) is 8.49. The SMILES string of the molecule is Cc1occc1C(=O)NC1CCN(C(=O)C2CCCNC2)CC1.Cl. The molecular formula is C17H26ClN3O3. The molecular weight excluding hydrogens is 330 g/mol. The van der Waals surface area contributed by atoms with E-state index in [2.05, 4.69) is 10.6 Å². The second-order valence-electron chi connectivity index (χ2n) is 6.51. The van der Waals surface area contributed by atoms with E-state index in [4.69, 9.17) is 4.42 Å². The Kier molecular flexibility index (Phi) is 6.69. The Labute approximate surface area is 148 Å². The summed E-state index contributed by atoms with van der Waals surface area (Å²) >= 11 is 0. The van der Waals surface area contributed by atoms with E-state index < -0.39 is 0 Å². The summed E-state index contributed by atoms with van der Waals surface area (Å²) in [5.41, 5.74) is 0.594. The number of amides is 2. The van der Waals surface area contributed by atoms with E-state index in [1.807, 2.05) is 4.90 Å². The zero-order chi connectivity index (χ0) is 16.2. The summed E-state index contributed by atoms with van der Waals surface area (Å²) in [6.45, 7) is 5.06. The van der Waals surface area contributed by atoms with Crippen LogP contribution in [0.15, 0.2) is 16.7 Å². The number of halogens is 1. The molecule has 0 aliphatic carbocycles. The average Bonchev–Trinajstić information content (AvgIpc) is 3.02. The molecule has 2 N–H and O–H groups in total. The lowest BCUT2D eigenvalue weighted by molar-refractivity contribution is -0.137. The first kappa shape index (κ1) is 18.8. The van der Waals surface area contributed by atoms with Gasteiger partial charge in [-0.05, 0) is 45.2 Å². The normalized spacial score (nSPS) is 21.9. The summed E-state index contributed by atoms with van der Waals surface area (Å²) in [6, 6.07) is 1.82. The summed E-state index contributed by atoms with van der Waals surface area (Å²) in [4.78, 5) is 26.7. The lowest BCUT2D eigenvalue weighted by Crippen LogP contribution is -2.50. The Bertz CT molecular complexity index is 561. The van der Waals surface area contributed by atoms with Gasteiger partial charge in [0.25, 0.3) is 5.91 Å². The maximum atomic E-state index is 12.5. The van der Waals surface area contributed by atoms with Crippen LogP contribution in [-0.4, -0.2) is 48.9 Å². The maximum absolute atomic E-state index is 12.5. The van der Waals surface area contributed by atoms with Gasteiger partial charge in [-0.2, -0.15) is 0 Å². The molecule has 6 nitrogen and oxygen atoms in total. The van der Waals surface area contributed by atoms with E-state index in [1.54, 1.807) is 13.0 Å². The van der Waals surface area contributed by atoms with Crippen molar-refractivity contribution in [2.24, 2.45) is 5.92 Å². The smallest absolute Gasteiger partial charge is 0.255 e. The van der Waals surface area contributed by atoms with Crippen LogP contribution in [0.3, 0.4) is 0 Å². The van der Waals surface area contributed by atoms with E-state index >= 15 is 0 Å². The van der Waals surface area contributed by atoms with E-state index in [0.29, 0.717) is 11.3 Å². The molecule has 2 amide bonds. The fraction of sp³-hybridized carbons (Fsp3) is 0.647. The zero-order valence-corrected chi connectivity index (χ0v) is 14.9. The summed E-state index contributed by atoms with van der Waals surface area (Å²) in [5.74, 6) is 0.952. The molecule has 1 aromatic rings. The van der Waals surface area contributed by atoms with Crippen LogP contribution >= 0.6 is 12.4 Å². The highest BCUT2D eigenvalue weighted by atomic mass is 35.5. The van der Waals surface area contributed by atoms with Gasteiger partial charge in [0.05, 0.1) is 17.7 Å². The van der Waals surface area contributed by atoms with Gasteiger partial charge in [0.15, 0.2) is 0 Å². The summed E-state index contributed by atoms with van der Waals surface area (Å²) in [5, 5.41) is 6.35. The van der Waals surface area contributed by atoms with Gasteiger partial charge >= 0.3 is 0 Å². The Hall–Kier alpha value is -1.53. The number of hydrogen-bond donors (Lipinski definition) is 2. The molecule has 134 valence electrons. The maximum Gasteiger partial charge on any atom is 0.255 e. The Balaban J connectivity index is 0.00000208. The number of aryl methyl sites for hydroxylation is 1. The standard InChI is InChI=1S/C17H25N3O3.ClH/c1-12-15(6-10-23-12)16(21)19-14-4-8-20(9-5-14)17(22)13-3-2-7-18-11-13;/h6,10,13-14,18H,2-5,7-9,11H2,1H3,(H,19,21);1H. The van der Waals surface area contributed by atoms with Crippen molar-refractivity contribution in [3.8, 4) is 0 Å². The number of nitrogens with zero attached hydrogens (tertiary/aromatic N) is 1. The molecule has 3 rings (SSSR count). The molecule has 7 heteroatoms. The van der Waals surface area contributed by atoms with Crippen LogP contribution in [0.2, 0.25) is 0 Å². The fourth-order valence-electron chi connectivity index (χ4n) is 3.45. The monoisotopic (exact) mass is 355 g/mol. The molecule has 1 aromatic heterocycles. The van der Waals surface area contributed by atoms with Crippen LogP contribution < -0.4 is 10.6 Å². The molecule has 0 aromatic carbocycles. The lowest BCUT2D eigenvalue weighted by Gasteiger charge is -2.35. The number of rotatable bonds is 3. The van der Waals surface area contributed by atoms with Crippen molar-refractivity contribution in [1.82, 2.24) is 15.5 Å². The van der Waals surface area contributed by atoms with Gasteiger partial charge in [-0.3, -0.25) is 9.59 Å². The van der Waals surface area contributed by atoms with Crippen LogP contribution in [0.4, 0.5) is 0 Å². The molecule has 2 aliphatic rings. The van der Waals surface area contributed by atoms with Gasteiger partial charge in [0.2, 0.25) is 5.91 Å². The van der Waals surface area contributed by atoms with Crippen molar-refractivity contribution in [3.63, 3.8) is 0 Å². The third kappa shape index (κ3) is 4.30. The highest BCUT2D eigenvalue weighted by Crippen LogP contribution is 2.18. The largest absolute Gasteiger partial charge is 0.469 e. The Morgan fingerprint density at radius 1 is 1.29 bits per heavy atom. The Morgan fingerprint density at radius 3 is 2.62 bits per heavy atom. The second-order valence-corrected chi connectivity index (χ2v) is 6.51. The minimum absolute atomic E-state index is 0. The van der Waals surface area contributed by atoms with Crippen molar-refractivity contribution in [1.29, 1.82) is 0 Å². The first-order chi connectivity index (χ1) is 11.1. The van der Waals surface area contributed by atoms with Gasteiger partial charge < -0.3 is 20.0 Å². The van der Waals surface area contributed by atoms with Gasteiger partial charge in [0, 0.05) is 25.7 Å². The molecule has 2 saturated heterocycles. The second kappa shape index (κ2) is 8.53. The van der Waals surface area contributed by atoms with Crippen molar-refractivity contribution in [2.45, 2.75) is 38.6 Å². The van der Waals surface area contributed by atoms with Crippen molar-refractivity contribution >= 4 is 24.2 Å². The minimum atomic E-state index is -0.0856. The summed E-state index contributed by atoms with van der Waals surface area (Å²) in [7, 11) is 0. The third-order valence-corrected chi connectivity index (χ3v) is 4.89. The van der Waals surface area contributed by atoms with Crippen LogP contribution in [0.25, 0.3) is 0 Å². The number of carbonyl (C=O) groups excluding carboxylic acids is 2. The molecule has 2 fully saturated rings. The molecule has 2 aliphatic heterocycles. The van der Waals surface area contributed by atoms with Crippen LogP contribution in [0.5, 0.6) is 0 Å². The van der Waals surface area contributed by atoms with Gasteiger partial charge in [-0.1, -0.05) is 0 Å². The molecule has 0 spiro atoms. The lowest BCUT2D eigenvalue weighted by atomic mass is 9.96. The molecule has 1 unspecified atom stereocenters. The number of nitrogens with one attached hydrogen (secondary N) is 2. The highest BCUT2D eigenvalue weighted by Gasteiger charge is 2.29. The number of likely N-dealkylation sites (tertiary alicyclic amines) is 1. The van der Waals surface area contributed by atoms with E-state index in [1.165, 1.54) is 6.26 Å². The van der Waals surface area contributed by atoms with Gasteiger partial charge in [-0.15, -0.1) is 12.4 Å². The Morgan fingerprint density at radius 2 is 2.04 bits per heavy atom. The number of hydrogen-bond acceptors (Lipinski definition) is 4. The van der Waals surface area contributed by atoms with E-state index in [0.717, 1.165) is 51.9 Å². The molecule has 0 radical (unpaired) electrons. The van der Waals surface area contributed by atoms with E-state index in [-0.39, 0.29) is 36.2 Å². The van der Waals surface area contributed by atoms with E-state index in [9.17, 15) is 9.59 Å². The highest BCUT2D eigenvalue weighted by molar-refractivity contribution is 5.95. The quantitative estimate of drug-likeness (QED) is 0.866. The summed E-state index contributed by atoms with van der Waals surface area (Å²) in [6.07, 6.45) is 5.22. The average molecular weight is 356 g/mol. The molecule has 0 saturated carbocycles. The topological polar surface area (TPSA) is 74.6 Å². The molecule has 1 atom stereocenters. The van der Waals surface area contributed by atoms with Crippen molar-refractivity contribution in [3.05, 3.63) is 23.7 Å². The minimum Gasteiger partial charge on any atom is -0.469 e. The number of furan rings is 1. The van der Waals surface area contributed by atoms with Crippen LogP contribution in [0.1, 0.15) is 41.8 Å². The van der Waals surface area contributed by atoms with Crippen molar-refractivity contribution < 1.29 is 14.0 Å². The molecule has 24 heavy (non-hydrogen) atoms. The van der Waals surface area contributed by atoms with Crippen molar-refractivity contribution in [2.75, 3.05) is 26.2 Å². The predicted octanol–water partition coefficient (Wildman–Crippen LogP) is 1.73. The van der Waals surface area contributed by atoms with Crippen LogP contribution in [-0.2, 0) is 4.79 Å². The number of carbonyl (C=O) groups is 2. The predicted molar refractivity (Wildman–Crippen MR) is 93.4 cm³/mol. The summed E-state index contributed by atoms with van der Waals surface area (Å²) < 4.78 is 5.17. The van der Waals surface area contributed by atoms with Crippen LogP contribution in [0, 0.1) is 12.8 Å². The fourth-order valence-corrected chi connectivity index (χ4v) is 3.45. The third-order valence-electron chi connectivity index (χ3n) is 4.89. The molecule has 0 bridgehead atoms. The van der Waals surface area contributed by atoms with Gasteiger partial charge in [-0.25, -0.2) is 0 Å². The zero-order valence-electron chi connectivity index (χ0n) is 14.0. The van der Waals surface area contributed by atoms with Gasteiger partial charge in [0.1, 0.15) is 5.76 Å². The molecule has 3 heterocycles. The first-order valence-corrected chi connectivity index (χ1v) is 8.49.